The maximum atomic E-state index is 12.2. The summed E-state index contributed by atoms with van der Waals surface area (Å²) in [5.41, 5.74) is 1.45. The molecule has 2 aromatic carbocycles. The predicted molar refractivity (Wildman–Crippen MR) is 94.2 cm³/mol. The van der Waals surface area contributed by atoms with Gasteiger partial charge in [-0.2, -0.15) is 5.26 Å². The van der Waals surface area contributed by atoms with E-state index in [4.69, 9.17) is 4.74 Å². The number of nitriles is 1. The van der Waals surface area contributed by atoms with Gasteiger partial charge in [-0.3, -0.25) is 4.79 Å². The first-order valence-electron chi connectivity index (χ1n) is 7.05. The predicted octanol–water partition coefficient (Wildman–Crippen LogP) is 3.39. The second-order valence-corrected chi connectivity index (χ2v) is 5.74. The maximum Gasteiger partial charge on any atom is 0.262 e. The molecule has 0 atom stereocenters. The van der Waals surface area contributed by atoms with Crippen molar-refractivity contribution in [3.8, 4) is 17.6 Å². The van der Waals surface area contributed by atoms with Crippen LogP contribution < -0.4 is 10.1 Å². The third-order valence-electron chi connectivity index (χ3n) is 3.26. The number of rotatable bonds is 5. The van der Waals surface area contributed by atoms with Crippen molar-refractivity contribution in [2.75, 3.05) is 7.11 Å². The van der Waals surface area contributed by atoms with E-state index in [-0.39, 0.29) is 17.1 Å². The molecule has 0 heterocycles. The Kier molecular flexibility index (Phi) is 5.99. The minimum atomic E-state index is -0.472. The van der Waals surface area contributed by atoms with Crippen LogP contribution in [0.2, 0.25) is 0 Å². The minimum absolute atomic E-state index is 0.0337. The lowest BCUT2D eigenvalue weighted by molar-refractivity contribution is -0.117. The van der Waals surface area contributed by atoms with Gasteiger partial charge in [-0.25, -0.2) is 0 Å². The number of nitrogens with zero attached hydrogens (tertiary/aromatic N) is 1. The van der Waals surface area contributed by atoms with Gasteiger partial charge in [0.05, 0.1) is 7.11 Å². The first-order chi connectivity index (χ1) is 11.5. The number of hydrogen-bond acceptors (Lipinski definition) is 4. The van der Waals surface area contributed by atoms with Gasteiger partial charge >= 0.3 is 0 Å². The van der Waals surface area contributed by atoms with E-state index >= 15 is 0 Å². The highest BCUT2D eigenvalue weighted by Gasteiger charge is 2.12. The Morgan fingerprint density at radius 3 is 2.71 bits per heavy atom. The molecule has 2 N–H and O–H groups in total. The van der Waals surface area contributed by atoms with Gasteiger partial charge in [0.1, 0.15) is 11.6 Å². The number of methoxy groups -OCH3 is 1. The van der Waals surface area contributed by atoms with Gasteiger partial charge in [0.25, 0.3) is 5.91 Å². The summed E-state index contributed by atoms with van der Waals surface area (Å²) in [6.07, 6.45) is 1.44. The van der Waals surface area contributed by atoms with Crippen LogP contribution in [-0.2, 0) is 11.3 Å². The van der Waals surface area contributed by atoms with Crippen molar-refractivity contribution in [3.05, 3.63) is 63.6 Å². The summed E-state index contributed by atoms with van der Waals surface area (Å²) >= 11 is 3.29. The fourth-order valence-electron chi connectivity index (χ4n) is 2.01. The Bertz CT molecular complexity index is 811. The van der Waals surface area contributed by atoms with Crippen molar-refractivity contribution in [2.24, 2.45) is 0 Å². The van der Waals surface area contributed by atoms with E-state index in [1.807, 2.05) is 36.4 Å². The summed E-state index contributed by atoms with van der Waals surface area (Å²) in [5.74, 6) is -0.250. The van der Waals surface area contributed by atoms with E-state index in [0.29, 0.717) is 16.6 Å². The zero-order chi connectivity index (χ0) is 17.5. The number of aromatic hydroxyl groups is 1. The average Bonchev–Trinajstić information content (AvgIpc) is 2.60. The number of phenols is 1. The molecular weight excluding hydrogens is 372 g/mol. The Morgan fingerprint density at radius 1 is 1.38 bits per heavy atom. The molecule has 0 saturated carbocycles. The largest absolute Gasteiger partial charge is 0.504 e. The number of hydrogen-bond donors (Lipinski definition) is 2. The molecule has 0 spiro atoms. The van der Waals surface area contributed by atoms with E-state index in [2.05, 4.69) is 21.2 Å². The Labute approximate surface area is 148 Å². The third kappa shape index (κ3) is 4.37. The average molecular weight is 387 g/mol. The topological polar surface area (TPSA) is 82.3 Å². The normalized spacial score (nSPS) is 10.8. The van der Waals surface area contributed by atoms with Gasteiger partial charge in [-0.1, -0.05) is 46.3 Å². The van der Waals surface area contributed by atoms with Gasteiger partial charge in [-0.05, 0) is 29.3 Å². The van der Waals surface area contributed by atoms with Crippen LogP contribution in [0.4, 0.5) is 0 Å². The highest BCUT2D eigenvalue weighted by atomic mass is 79.9. The number of ether oxygens (including phenoxy) is 1. The van der Waals surface area contributed by atoms with Crippen LogP contribution in [0.3, 0.4) is 0 Å². The molecule has 0 saturated heterocycles. The second kappa shape index (κ2) is 8.18. The molecule has 0 aliphatic carbocycles. The molecule has 0 aliphatic heterocycles. The highest BCUT2D eigenvalue weighted by Crippen LogP contribution is 2.33. The number of carbonyl (C=O) groups excluding carboxylic acids is 1. The highest BCUT2D eigenvalue weighted by molar-refractivity contribution is 9.10. The van der Waals surface area contributed by atoms with Gasteiger partial charge in [0.15, 0.2) is 11.5 Å². The molecule has 2 rings (SSSR count). The number of benzene rings is 2. The zero-order valence-corrected chi connectivity index (χ0v) is 14.5. The van der Waals surface area contributed by atoms with Crippen molar-refractivity contribution in [1.29, 1.82) is 5.26 Å². The fraction of sp³-hybridized carbons (Fsp3) is 0.111. The fourth-order valence-corrected chi connectivity index (χ4v) is 2.46. The van der Waals surface area contributed by atoms with Crippen LogP contribution in [0, 0.1) is 11.3 Å². The minimum Gasteiger partial charge on any atom is -0.504 e. The molecule has 2 aromatic rings. The van der Waals surface area contributed by atoms with Gasteiger partial charge < -0.3 is 15.2 Å². The molecule has 5 nitrogen and oxygen atoms in total. The summed E-state index contributed by atoms with van der Waals surface area (Å²) in [6, 6.07) is 14.3. The Hall–Kier alpha value is -2.78. The molecule has 0 aliphatic rings. The van der Waals surface area contributed by atoms with Gasteiger partial charge in [0.2, 0.25) is 0 Å². The lowest BCUT2D eigenvalue weighted by Crippen LogP contribution is -2.23. The number of phenolic OH excluding ortho intramolecular Hbond substituents is 1. The van der Waals surface area contributed by atoms with Gasteiger partial charge in [0, 0.05) is 11.0 Å². The van der Waals surface area contributed by atoms with Crippen molar-refractivity contribution in [1.82, 2.24) is 5.32 Å². The lowest BCUT2D eigenvalue weighted by Gasteiger charge is -2.08. The lowest BCUT2D eigenvalue weighted by atomic mass is 10.1. The van der Waals surface area contributed by atoms with Crippen molar-refractivity contribution < 1.29 is 14.6 Å². The number of carbonyl (C=O) groups is 1. The summed E-state index contributed by atoms with van der Waals surface area (Å²) in [4.78, 5) is 12.2. The second-order valence-electron chi connectivity index (χ2n) is 4.88. The molecule has 0 bridgehead atoms. The van der Waals surface area contributed by atoms with Crippen molar-refractivity contribution >= 4 is 27.9 Å². The smallest absolute Gasteiger partial charge is 0.262 e. The van der Waals surface area contributed by atoms with Crippen LogP contribution >= 0.6 is 15.9 Å². The van der Waals surface area contributed by atoms with Gasteiger partial charge in [-0.15, -0.1) is 0 Å². The third-order valence-corrected chi connectivity index (χ3v) is 3.95. The van der Waals surface area contributed by atoms with Crippen LogP contribution in [0.15, 0.2) is 52.5 Å². The van der Waals surface area contributed by atoms with Crippen molar-refractivity contribution in [2.45, 2.75) is 6.54 Å². The van der Waals surface area contributed by atoms with E-state index in [1.54, 1.807) is 6.07 Å². The van der Waals surface area contributed by atoms with E-state index in [0.717, 1.165) is 5.56 Å². The Balaban J connectivity index is 2.20. The molecule has 1 amide bonds. The molecule has 6 heteroatoms. The molecule has 0 unspecified atom stereocenters. The summed E-state index contributed by atoms with van der Waals surface area (Å²) in [7, 11) is 1.42. The molecule has 0 fully saturated rings. The van der Waals surface area contributed by atoms with Crippen LogP contribution in [-0.4, -0.2) is 18.1 Å². The number of halogens is 1. The molecular formula is C18H15BrN2O3. The molecule has 24 heavy (non-hydrogen) atoms. The van der Waals surface area contributed by atoms with E-state index in [9.17, 15) is 15.2 Å². The van der Waals surface area contributed by atoms with Crippen LogP contribution in [0.5, 0.6) is 11.5 Å². The van der Waals surface area contributed by atoms with E-state index in [1.165, 1.54) is 19.3 Å². The number of nitrogens with one attached hydrogen (secondary N) is 1. The zero-order valence-electron chi connectivity index (χ0n) is 12.9. The number of amides is 1. The first-order valence-corrected chi connectivity index (χ1v) is 7.85. The molecule has 122 valence electrons. The molecule has 0 radical (unpaired) electrons. The first kappa shape index (κ1) is 17.6. The SMILES string of the molecule is COc1cc(/C=C(/C#N)C(=O)NCc2ccccc2)c(Br)cc1O. The van der Waals surface area contributed by atoms with Crippen LogP contribution in [0.25, 0.3) is 6.08 Å². The monoisotopic (exact) mass is 386 g/mol. The van der Waals surface area contributed by atoms with Crippen molar-refractivity contribution in [3.63, 3.8) is 0 Å². The summed E-state index contributed by atoms with van der Waals surface area (Å²) in [6.45, 7) is 0.332. The van der Waals surface area contributed by atoms with Crippen LogP contribution in [0.1, 0.15) is 11.1 Å². The standard InChI is InChI=1S/C18H15BrN2O3/c1-24-17-8-13(15(19)9-16(17)22)7-14(10-20)18(23)21-11-12-5-3-2-4-6-12/h2-9,22H,11H2,1H3,(H,21,23)/b14-7-. The Morgan fingerprint density at radius 2 is 2.08 bits per heavy atom. The van der Waals surface area contributed by atoms with E-state index < -0.39 is 5.91 Å². The molecule has 0 aromatic heterocycles. The quantitative estimate of drug-likeness (QED) is 0.609. The maximum absolute atomic E-state index is 12.2. The summed E-state index contributed by atoms with van der Waals surface area (Å²) in [5, 5.41) is 21.7. The summed E-state index contributed by atoms with van der Waals surface area (Å²) < 4.78 is 5.58.